The zero-order chi connectivity index (χ0) is 20.7. The van der Waals surface area contributed by atoms with Crippen molar-refractivity contribution in [3.63, 3.8) is 0 Å². The lowest BCUT2D eigenvalue weighted by Gasteiger charge is -2.35. The largest absolute Gasteiger partial charge is 0.444 e. The predicted octanol–water partition coefficient (Wildman–Crippen LogP) is 3.79. The molecule has 154 valence electrons. The Kier molecular flexibility index (Phi) is 7.37. The van der Waals surface area contributed by atoms with Crippen molar-refractivity contribution in [1.82, 2.24) is 4.90 Å². The molecule has 1 heterocycles. The van der Waals surface area contributed by atoms with E-state index in [4.69, 9.17) is 9.57 Å². The van der Waals surface area contributed by atoms with Gasteiger partial charge in [-0.2, -0.15) is 0 Å². The van der Waals surface area contributed by atoms with E-state index in [-0.39, 0.29) is 24.3 Å². The standard InChI is InChI=1S/C20H28N2O6/c1-20(2,3)27-19(24)21-11-9-15(10-12-21)17(14-23)13-18(28-22(25)26)16-7-5-4-6-8-16/h4-8,14-15,17-18H,9-13H2,1-3H3/t17-,18+/m1/s1. The van der Waals surface area contributed by atoms with Crippen molar-refractivity contribution < 1.29 is 24.3 Å². The Bertz CT molecular complexity index is 665. The van der Waals surface area contributed by atoms with E-state index < -0.39 is 16.8 Å². The molecule has 0 spiro atoms. The minimum atomic E-state index is -0.815. The van der Waals surface area contributed by atoms with Gasteiger partial charge >= 0.3 is 6.09 Å². The molecule has 2 rings (SSSR count). The van der Waals surface area contributed by atoms with Crippen LogP contribution in [0, 0.1) is 22.0 Å². The lowest BCUT2D eigenvalue weighted by molar-refractivity contribution is -0.771. The van der Waals surface area contributed by atoms with Crippen molar-refractivity contribution in [3.8, 4) is 0 Å². The fraction of sp³-hybridized carbons (Fsp3) is 0.600. The normalized spacial score (nSPS) is 17.5. The molecular weight excluding hydrogens is 364 g/mol. The minimum absolute atomic E-state index is 0.0396. The quantitative estimate of drug-likeness (QED) is 0.398. The van der Waals surface area contributed by atoms with E-state index in [1.165, 1.54) is 0 Å². The van der Waals surface area contributed by atoms with Crippen LogP contribution in [0.2, 0.25) is 0 Å². The second-order valence-corrected chi connectivity index (χ2v) is 8.07. The Morgan fingerprint density at radius 1 is 1.29 bits per heavy atom. The van der Waals surface area contributed by atoms with Crippen molar-refractivity contribution >= 4 is 12.4 Å². The van der Waals surface area contributed by atoms with Gasteiger partial charge in [-0.3, -0.25) is 0 Å². The molecule has 1 aromatic carbocycles. The highest BCUT2D eigenvalue weighted by molar-refractivity contribution is 5.68. The van der Waals surface area contributed by atoms with E-state index in [0.717, 1.165) is 6.29 Å². The van der Waals surface area contributed by atoms with Crippen LogP contribution < -0.4 is 0 Å². The molecular formula is C20H28N2O6. The van der Waals surface area contributed by atoms with Crippen LogP contribution in [-0.2, 0) is 14.4 Å². The van der Waals surface area contributed by atoms with Gasteiger partial charge in [0.1, 0.15) is 18.0 Å². The van der Waals surface area contributed by atoms with Gasteiger partial charge in [-0.15, -0.1) is 10.1 Å². The maximum Gasteiger partial charge on any atom is 0.410 e. The van der Waals surface area contributed by atoms with Gasteiger partial charge in [-0.1, -0.05) is 30.3 Å². The first-order valence-corrected chi connectivity index (χ1v) is 9.49. The van der Waals surface area contributed by atoms with Gasteiger partial charge in [0.05, 0.1) is 0 Å². The van der Waals surface area contributed by atoms with E-state index >= 15 is 0 Å². The van der Waals surface area contributed by atoms with Gasteiger partial charge in [-0.05, 0) is 51.5 Å². The van der Waals surface area contributed by atoms with Crippen molar-refractivity contribution in [2.24, 2.45) is 11.8 Å². The van der Waals surface area contributed by atoms with Gasteiger partial charge in [0.2, 0.25) is 0 Å². The van der Waals surface area contributed by atoms with Gasteiger partial charge in [0.25, 0.3) is 5.09 Å². The molecule has 0 N–H and O–H groups in total. The molecule has 0 radical (unpaired) electrons. The highest BCUT2D eigenvalue weighted by Crippen LogP contribution is 2.33. The molecule has 0 bridgehead atoms. The summed E-state index contributed by atoms with van der Waals surface area (Å²) in [5.41, 5.74) is 0.111. The van der Waals surface area contributed by atoms with Crippen LogP contribution >= 0.6 is 0 Å². The number of hydrogen-bond acceptors (Lipinski definition) is 6. The van der Waals surface area contributed by atoms with E-state index in [9.17, 15) is 19.7 Å². The summed E-state index contributed by atoms with van der Waals surface area (Å²) in [7, 11) is 0. The first-order valence-electron chi connectivity index (χ1n) is 9.49. The number of rotatable bonds is 7. The molecule has 1 fully saturated rings. The van der Waals surface area contributed by atoms with E-state index in [1.807, 2.05) is 26.8 Å². The number of carbonyl (C=O) groups is 2. The summed E-state index contributed by atoms with van der Waals surface area (Å²) in [5, 5.41) is 10.1. The maximum atomic E-state index is 12.2. The zero-order valence-electron chi connectivity index (χ0n) is 16.6. The molecule has 0 saturated carbocycles. The summed E-state index contributed by atoms with van der Waals surface area (Å²) >= 11 is 0. The third kappa shape index (κ3) is 6.51. The molecule has 1 saturated heterocycles. The third-order valence-electron chi connectivity index (χ3n) is 4.84. The molecule has 0 aromatic heterocycles. The Labute approximate surface area is 164 Å². The van der Waals surface area contributed by atoms with Crippen molar-refractivity contribution in [1.29, 1.82) is 0 Å². The fourth-order valence-corrected chi connectivity index (χ4v) is 3.45. The predicted molar refractivity (Wildman–Crippen MR) is 102 cm³/mol. The average molecular weight is 392 g/mol. The average Bonchev–Trinajstić information content (AvgIpc) is 2.64. The molecule has 0 unspecified atom stereocenters. The molecule has 1 amide bonds. The van der Waals surface area contributed by atoms with Crippen LogP contribution in [0.1, 0.15) is 51.7 Å². The number of benzene rings is 1. The number of ether oxygens (including phenoxy) is 1. The second-order valence-electron chi connectivity index (χ2n) is 8.07. The summed E-state index contributed by atoms with van der Waals surface area (Å²) in [4.78, 5) is 41.3. The molecule has 8 heteroatoms. The second kappa shape index (κ2) is 9.52. The Morgan fingerprint density at radius 3 is 2.39 bits per heavy atom. The molecule has 1 aliphatic heterocycles. The Hall–Kier alpha value is -2.64. The molecule has 28 heavy (non-hydrogen) atoms. The van der Waals surface area contributed by atoms with E-state index in [2.05, 4.69) is 0 Å². The summed E-state index contributed by atoms with van der Waals surface area (Å²) < 4.78 is 5.39. The summed E-state index contributed by atoms with van der Waals surface area (Å²) in [6.45, 7) is 6.45. The highest BCUT2D eigenvalue weighted by atomic mass is 17.0. The van der Waals surface area contributed by atoms with Crippen molar-refractivity contribution in [3.05, 3.63) is 46.0 Å². The van der Waals surface area contributed by atoms with Gasteiger partial charge < -0.3 is 19.3 Å². The molecule has 0 aliphatic carbocycles. The molecule has 1 aliphatic rings. The summed E-state index contributed by atoms with van der Waals surface area (Å²) in [5.74, 6) is -0.344. The highest BCUT2D eigenvalue weighted by Gasteiger charge is 2.32. The van der Waals surface area contributed by atoms with Crippen LogP contribution in [0.15, 0.2) is 30.3 Å². The number of aldehydes is 1. The topological polar surface area (TPSA) is 99.0 Å². The lowest BCUT2D eigenvalue weighted by Crippen LogP contribution is -2.43. The van der Waals surface area contributed by atoms with Crippen LogP contribution in [0.3, 0.4) is 0 Å². The first-order chi connectivity index (χ1) is 13.2. The maximum absolute atomic E-state index is 12.2. The van der Waals surface area contributed by atoms with Crippen LogP contribution in [-0.4, -0.2) is 41.1 Å². The SMILES string of the molecule is CC(C)(C)OC(=O)N1CCC([C@@H](C=O)C[C@H](O[N+](=O)[O-])c2ccccc2)CC1. The number of likely N-dealkylation sites (tertiary alicyclic amines) is 1. The van der Waals surface area contributed by atoms with Gasteiger partial charge in [0.15, 0.2) is 0 Å². The van der Waals surface area contributed by atoms with Gasteiger partial charge in [0, 0.05) is 19.0 Å². The van der Waals surface area contributed by atoms with Crippen molar-refractivity contribution in [2.45, 2.75) is 51.7 Å². The first kappa shape index (κ1) is 21.7. The zero-order valence-corrected chi connectivity index (χ0v) is 16.6. The Balaban J connectivity index is 1.98. The van der Waals surface area contributed by atoms with E-state index in [1.54, 1.807) is 29.2 Å². The van der Waals surface area contributed by atoms with E-state index in [0.29, 0.717) is 31.5 Å². The smallest absolute Gasteiger partial charge is 0.410 e. The van der Waals surface area contributed by atoms with Crippen molar-refractivity contribution in [2.75, 3.05) is 13.1 Å². The van der Waals surface area contributed by atoms with Crippen LogP contribution in [0.4, 0.5) is 4.79 Å². The number of piperidine rings is 1. The summed E-state index contributed by atoms with van der Waals surface area (Å²) in [6, 6.07) is 8.88. The van der Waals surface area contributed by atoms with Crippen LogP contribution in [0.25, 0.3) is 0 Å². The molecule has 8 nitrogen and oxygen atoms in total. The molecule has 1 aromatic rings. The lowest BCUT2D eigenvalue weighted by atomic mass is 9.81. The Morgan fingerprint density at radius 2 is 1.89 bits per heavy atom. The minimum Gasteiger partial charge on any atom is -0.444 e. The van der Waals surface area contributed by atoms with Gasteiger partial charge in [-0.25, -0.2) is 4.79 Å². The number of amides is 1. The number of nitrogens with zero attached hydrogens (tertiary/aromatic N) is 2. The third-order valence-corrected chi connectivity index (χ3v) is 4.84. The monoisotopic (exact) mass is 392 g/mol. The number of carbonyl (C=O) groups excluding carboxylic acids is 2. The molecule has 2 atom stereocenters. The summed E-state index contributed by atoms with van der Waals surface area (Å²) in [6.07, 6.45) is 1.21. The number of hydrogen-bond donors (Lipinski definition) is 0. The fourth-order valence-electron chi connectivity index (χ4n) is 3.45. The van der Waals surface area contributed by atoms with Crippen LogP contribution in [0.5, 0.6) is 0 Å².